The van der Waals surface area contributed by atoms with Crippen molar-refractivity contribution < 1.29 is 23.8 Å². The van der Waals surface area contributed by atoms with Crippen LogP contribution in [0.2, 0.25) is 0 Å². The molecule has 7 nitrogen and oxygen atoms in total. The molecule has 3 aromatic rings. The monoisotopic (exact) mass is 460 g/mol. The van der Waals surface area contributed by atoms with Crippen molar-refractivity contribution in [1.29, 1.82) is 0 Å². The SMILES string of the molecule is COc1cccc(CNC(=O)c2ccc3c(c2)Cc2cccc(c2)C(=O)NCCOCCO3)c1. The first-order valence-corrected chi connectivity index (χ1v) is 11.2. The van der Waals surface area contributed by atoms with Gasteiger partial charge < -0.3 is 24.8 Å². The zero-order valence-corrected chi connectivity index (χ0v) is 19.1. The van der Waals surface area contributed by atoms with Gasteiger partial charge in [0.1, 0.15) is 18.1 Å². The van der Waals surface area contributed by atoms with Crippen molar-refractivity contribution in [3.05, 3.63) is 94.5 Å². The van der Waals surface area contributed by atoms with E-state index in [2.05, 4.69) is 10.6 Å². The second-order valence-electron chi connectivity index (χ2n) is 7.95. The highest BCUT2D eigenvalue weighted by atomic mass is 16.5. The number of hydrogen-bond acceptors (Lipinski definition) is 5. The normalized spacial score (nSPS) is 14.1. The fourth-order valence-electron chi connectivity index (χ4n) is 3.76. The van der Waals surface area contributed by atoms with Gasteiger partial charge in [-0.2, -0.15) is 0 Å². The highest BCUT2D eigenvalue weighted by molar-refractivity contribution is 5.95. The molecule has 4 rings (SSSR count). The molecule has 176 valence electrons. The number of ether oxygens (including phenoxy) is 3. The summed E-state index contributed by atoms with van der Waals surface area (Å²) >= 11 is 0. The van der Waals surface area contributed by atoms with Gasteiger partial charge in [0.05, 0.1) is 20.3 Å². The molecule has 1 aliphatic heterocycles. The van der Waals surface area contributed by atoms with Crippen molar-refractivity contribution in [1.82, 2.24) is 10.6 Å². The molecule has 2 N–H and O–H groups in total. The summed E-state index contributed by atoms with van der Waals surface area (Å²) in [5.41, 5.74) is 3.90. The van der Waals surface area contributed by atoms with E-state index in [4.69, 9.17) is 14.2 Å². The minimum absolute atomic E-state index is 0.135. The van der Waals surface area contributed by atoms with Crippen LogP contribution in [-0.4, -0.2) is 45.3 Å². The van der Waals surface area contributed by atoms with Crippen molar-refractivity contribution >= 4 is 11.8 Å². The van der Waals surface area contributed by atoms with Crippen LogP contribution in [0.15, 0.2) is 66.7 Å². The molecule has 34 heavy (non-hydrogen) atoms. The van der Waals surface area contributed by atoms with E-state index in [1.54, 1.807) is 19.2 Å². The zero-order chi connectivity index (χ0) is 23.8. The smallest absolute Gasteiger partial charge is 0.251 e. The van der Waals surface area contributed by atoms with Gasteiger partial charge in [-0.05, 0) is 59.2 Å². The second kappa shape index (κ2) is 11.3. The Kier molecular flexibility index (Phi) is 7.78. The van der Waals surface area contributed by atoms with Gasteiger partial charge in [0.15, 0.2) is 0 Å². The lowest BCUT2D eigenvalue weighted by molar-refractivity contribution is 0.0865. The number of carbonyl (C=O) groups is 2. The molecule has 2 bridgehead atoms. The largest absolute Gasteiger partial charge is 0.497 e. The van der Waals surface area contributed by atoms with Gasteiger partial charge in [-0.15, -0.1) is 0 Å². The number of amides is 2. The lowest BCUT2D eigenvalue weighted by Crippen LogP contribution is -2.28. The van der Waals surface area contributed by atoms with Crippen molar-refractivity contribution in [2.75, 3.05) is 33.5 Å². The molecule has 0 fully saturated rings. The first kappa shape index (κ1) is 23.3. The van der Waals surface area contributed by atoms with Crippen molar-refractivity contribution in [3.63, 3.8) is 0 Å². The van der Waals surface area contributed by atoms with Gasteiger partial charge in [-0.1, -0.05) is 24.3 Å². The Morgan fingerprint density at radius 1 is 1.03 bits per heavy atom. The molecule has 0 saturated heterocycles. The summed E-state index contributed by atoms with van der Waals surface area (Å²) in [6.45, 7) is 2.02. The Balaban J connectivity index is 1.55. The van der Waals surface area contributed by atoms with Crippen LogP contribution >= 0.6 is 0 Å². The van der Waals surface area contributed by atoms with E-state index in [9.17, 15) is 9.59 Å². The predicted molar refractivity (Wildman–Crippen MR) is 129 cm³/mol. The van der Waals surface area contributed by atoms with E-state index < -0.39 is 0 Å². The number of rotatable bonds is 4. The van der Waals surface area contributed by atoms with Crippen LogP contribution in [-0.2, 0) is 17.7 Å². The van der Waals surface area contributed by atoms with Crippen LogP contribution in [0.1, 0.15) is 37.4 Å². The lowest BCUT2D eigenvalue weighted by Gasteiger charge is -2.15. The summed E-state index contributed by atoms with van der Waals surface area (Å²) in [4.78, 5) is 25.3. The van der Waals surface area contributed by atoms with Crippen molar-refractivity contribution in [3.8, 4) is 11.5 Å². The van der Waals surface area contributed by atoms with Crippen LogP contribution in [0.4, 0.5) is 0 Å². The molecule has 1 aliphatic rings. The van der Waals surface area contributed by atoms with E-state index in [1.165, 1.54) is 0 Å². The van der Waals surface area contributed by atoms with E-state index >= 15 is 0 Å². The molecule has 0 saturated carbocycles. The van der Waals surface area contributed by atoms with E-state index in [-0.39, 0.29) is 11.8 Å². The summed E-state index contributed by atoms with van der Waals surface area (Å²) in [5.74, 6) is 1.13. The number of methoxy groups -OCH3 is 1. The maximum atomic E-state index is 12.9. The topological polar surface area (TPSA) is 85.9 Å². The third-order valence-corrected chi connectivity index (χ3v) is 5.51. The molecular weight excluding hydrogens is 432 g/mol. The standard InChI is InChI=1S/C27H28N2O5/c1-32-24-7-3-5-20(16-24)18-29-27(31)22-8-9-25-23(17-22)15-19-4-2-6-21(14-19)26(30)28-10-11-33-12-13-34-25/h2-9,14,16-17H,10-13,15,18H2,1H3,(H,28,30)(H,29,31). The second-order valence-corrected chi connectivity index (χ2v) is 7.95. The number of benzene rings is 3. The fourth-order valence-corrected chi connectivity index (χ4v) is 3.76. The Hall–Kier alpha value is -3.84. The highest BCUT2D eigenvalue weighted by Crippen LogP contribution is 2.24. The van der Waals surface area contributed by atoms with Gasteiger partial charge in [0.25, 0.3) is 11.8 Å². The van der Waals surface area contributed by atoms with Crippen LogP contribution in [0.5, 0.6) is 11.5 Å². The van der Waals surface area contributed by atoms with Gasteiger partial charge in [0.2, 0.25) is 0 Å². The highest BCUT2D eigenvalue weighted by Gasteiger charge is 2.14. The summed E-state index contributed by atoms with van der Waals surface area (Å²) in [6.07, 6.45) is 0.522. The van der Waals surface area contributed by atoms with Crippen LogP contribution in [0, 0.1) is 0 Å². The van der Waals surface area contributed by atoms with Crippen molar-refractivity contribution in [2.24, 2.45) is 0 Å². The van der Waals surface area contributed by atoms with Gasteiger partial charge in [-0.3, -0.25) is 9.59 Å². The first-order chi connectivity index (χ1) is 16.6. The summed E-state index contributed by atoms with van der Waals surface area (Å²) in [6, 6.07) is 20.5. The third-order valence-electron chi connectivity index (χ3n) is 5.51. The van der Waals surface area contributed by atoms with Crippen LogP contribution in [0.25, 0.3) is 0 Å². The lowest BCUT2D eigenvalue weighted by atomic mass is 9.99. The minimum atomic E-state index is -0.179. The molecule has 0 radical (unpaired) electrons. The van der Waals surface area contributed by atoms with Crippen molar-refractivity contribution in [2.45, 2.75) is 13.0 Å². The zero-order valence-electron chi connectivity index (χ0n) is 19.1. The first-order valence-electron chi connectivity index (χ1n) is 11.2. The molecule has 0 atom stereocenters. The molecule has 0 spiro atoms. The quantitative estimate of drug-likeness (QED) is 0.624. The molecule has 0 aromatic heterocycles. The number of fused-ring (bicyclic) bond motifs is 3. The fraction of sp³-hybridized carbons (Fsp3) is 0.259. The molecule has 0 aliphatic carbocycles. The Bertz CT molecular complexity index is 1160. The average Bonchev–Trinajstić information content (AvgIpc) is 2.87. The Morgan fingerprint density at radius 2 is 1.91 bits per heavy atom. The summed E-state index contributed by atoms with van der Waals surface area (Å²) in [5, 5.41) is 5.82. The predicted octanol–water partition coefficient (Wildman–Crippen LogP) is 3.35. The van der Waals surface area contributed by atoms with E-state index in [1.807, 2.05) is 54.6 Å². The van der Waals surface area contributed by atoms with Gasteiger partial charge in [0, 0.05) is 30.6 Å². The maximum Gasteiger partial charge on any atom is 0.251 e. The minimum Gasteiger partial charge on any atom is -0.497 e. The average molecular weight is 461 g/mol. The Morgan fingerprint density at radius 3 is 2.79 bits per heavy atom. The summed E-state index contributed by atoms with van der Waals surface area (Å²) in [7, 11) is 1.61. The molecule has 1 heterocycles. The molecule has 7 heteroatoms. The van der Waals surface area contributed by atoms with Crippen LogP contribution < -0.4 is 20.1 Å². The number of hydrogen-bond donors (Lipinski definition) is 2. The van der Waals surface area contributed by atoms with E-state index in [0.29, 0.717) is 56.2 Å². The molecule has 0 unspecified atom stereocenters. The molecule has 3 aromatic carbocycles. The number of nitrogens with one attached hydrogen (secondary N) is 2. The van der Waals surface area contributed by atoms with Gasteiger partial charge >= 0.3 is 0 Å². The number of carbonyl (C=O) groups excluding carboxylic acids is 2. The Labute approximate surface area is 199 Å². The summed E-state index contributed by atoms with van der Waals surface area (Å²) < 4.78 is 16.7. The molecular formula is C27H28N2O5. The third kappa shape index (κ3) is 6.14. The maximum absolute atomic E-state index is 12.9. The van der Waals surface area contributed by atoms with Gasteiger partial charge in [-0.25, -0.2) is 0 Å². The van der Waals surface area contributed by atoms with Crippen LogP contribution in [0.3, 0.4) is 0 Å². The van der Waals surface area contributed by atoms with E-state index in [0.717, 1.165) is 22.4 Å². The molecule has 2 amide bonds.